The van der Waals surface area contributed by atoms with Crippen molar-refractivity contribution in [2.24, 2.45) is 0 Å². The standard InChI is InChI=1S/C10H15NO2/c1-8-6-10(7-12)9(2)11(8)4-5-13-3/h6-7H,4-5H2,1-3H3. The number of aromatic nitrogens is 1. The molecule has 3 nitrogen and oxygen atoms in total. The van der Waals surface area contributed by atoms with E-state index in [0.29, 0.717) is 6.61 Å². The Labute approximate surface area is 78.3 Å². The Balaban J connectivity index is 2.91. The maximum atomic E-state index is 10.6. The van der Waals surface area contributed by atoms with Gasteiger partial charge in [-0.15, -0.1) is 0 Å². The average molecular weight is 181 g/mol. The first-order chi connectivity index (χ1) is 6.20. The molecule has 0 aliphatic carbocycles. The van der Waals surface area contributed by atoms with Gasteiger partial charge in [-0.3, -0.25) is 4.79 Å². The molecule has 72 valence electrons. The van der Waals surface area contributed by atoms with Crippen molar-refractivity contribution in [3.05, 3.63) is 23.0 Å². The Morgan fingerprint density at radius 2 is 2.23 bits per heavy atom. The quantitative estimate of drug-likeness (QED) is 0.660. The summed E-state index contributed by atoms with van der Waals surface area (Å²) in [5.41, 5.74) is 2.90. The first-order valence-corrected chi connectivity index (χ1v) is 4.31. The van der Waals surface area contributed by atoms with Crippen LogP contribution in [0.2, 0.25) is 0 Å². The van der Waals surface area contributed by atoms with Crippen molar-refractivity contribution in [3.8, 4) is 0 Å². The summed E-state index contributed by atoms with van der Waals surface area (Å²) in [6, 6.07) is 1.90. The van der Waals surface area contributed by atoms with Crippen LogP contribution >= 0.6 is 0 Å². The Hall–Kier alpha value is -1.09. The van der Waals surface area contributed by atoms with Crippen LogP contribution in [0.15, 0.2) is 6.07 Å². The van der Waals surface area contributed by atoms with Gasteiger partial charge in [0.05, 0.1) is 6.61 Å². The minimum Gasteiger partial charge on any atom is -0.383 e. The second-order valence-electron chi connectivity index (χ2n) is 3.09. The van der Waals surface area contributed by atoms with E-state index < -0.39 is 0 Å². The third-order valence-corrected chi connectivity index (χ3v) is 2.26. The molecule has 3 heteroatoms. The number of methoxy groups -OCH3 is 1. The number of nitrogens with zero attached hydrogens (tertiary/aromatic N) is 1. The monoisotopic (exact) mass is 181 g/mol. The lowest BCUT2D eigenvalue weighted by atomic mass is 10.3. The second-order valence-corrected chi connectivity index (χ2v) is 3.09. The molecule has 0 saturated carbocycles. The smallest absolute Gasteiger partial charge is 0.151 e. The van der Waals surface area contributed by atoms with Crippen LogP contribution in [0.4, 0.5) is 0 Å². The van der Waals surface area contributed by atoms with Gasteiger partial charge in [0.1, 0.15) is 0 Å². The molecule has 0 aromatic carbocycles. The summed E-state index contributed by atoms with van der Waals surface area (Å²) in [4.78, 5) is 10.6. The van der Waals surface area contributed by atoms with Crippen LogP contribution < -0.4 is 0 Å². The molecule has 0 N–H and O–H groups in total. The van der Waals surface area contributed by atoms with Crippen molar-refractivity contribution < 1.29 is 9.53 Å². The predicted octanol–water partition coefficient (Wildman–Crippen LogP) is 1.56. The summed E-state index contributed by atoms with van der Waals surface area (Å²) in [5, 5.41) is 0. The van der Waals surface area contributed by atoms with E-state index in [-0.39, 0.29) is 0 Å². The predicted molar refractivity (Wildman–Crippen MR) is 51.2 cm³/mol. The summed E-state index contributed by atoms with van der Waals surface area (Å²) >= 11 is 0. The largest absolute Gasteiger partial charge is 0.383 e. The van der Waals surface area contributed by atoms with Crippen molar-refractivity contribution in [2.45, 2.75) is 20.4 Å². The molecular weight excluding hydrogens is 166 g/mol. The Morgan fingerprint density at radius 1 is 1.54 bits per heavy atom. The van der Waals surface area contributed by atoms with Crippen molar-refractivity contribution in [3.63, 3.8) is 0 Å². The van der Waals surface area contributed by atoms with Crippen LogP contribution in [-0.2, 0) is 11.3 Å². The van der Waals surface area contributed by atoms with E-state index >= 15 is 0 Å². The van der Waals surface area contributed by atoms with Gasteiger partial charge >= 0.3 is 0 Å². The van der Waals surface area contributed by atoms with E-state index in [9.17, 15) is 4.79 Å². The van der Waals surface area contributed by atoms with E-state index in [1.165, 1.54) is 0 Å². The lowest BCUT2D eigenvalue weighted by Gasteiger charge is -2.07. The van der Waals surface area contributed by atoms with Crippen LogP contribution in [0.25, 0.3) is 0 Å². The molecule has 0 bridgehead atoms. The minimum atomic E-state index is 0.675. The molecule has 1 heterocycles. The lowest BCUT2D eigenvalue weighted by molar-refractivity contribution is 0.112. The van der Waals surface area contributed by atoms with E-state index in [1.807, 2.05) is 19.9 Å². The number of carbonyl (C=O) groups is 1. The third kappa shape index (κ3) is 1.98. The summed E-state index contributed by atoms with van der Waals surface area (Å²) < 4.78 is 7.08. The Morgan fingerprint density at radius 3 is 2.69 bits per heavy atom. The number of aldehydes is 1. The number of hydrogen-bond donors (Lipinski definition) is 0. The van der Waals surface area contributed by atoms with Gasteiger partial charge in [-0.05, 0) is 19.9 Å². The zero-order valence-corrected chi connectivity index (χ0v) is 8.33. The SMILES string of the molecule is COCCn1c(C)cc(C=O)c1C. The maximum absolute atomic E-state index is 10.6. The fraction of sp³-hybridized carbons (Fsp3) is 0.500. The van der Waals surface area contributed by atoms with E-state index in [2.05, 4.69) is 4.57 Å². The van der Waals surface area contributed by atoms with Gasteiger partial charge in [0.2, 0.25) is 0 Å². The molecule has 0 saturated heterocycles. The highest BCUT2D eigenvalue weighted by Crippen LogP contribution is 2.12. The van der Waals surface area contributed by atoms with Gasteiger partial charge in [0.15, 0.2) is 6.29 Å². The molecular formula is C10H15NO2. The normalized spacial score (nSPS) is 10.4. The first kappa shape index (κ1) is 9.99. The van der Waals surface area contributed by atoms with Gasteiger partial charge in [0.25, 0.3) is 0 Å². The van der Waals surface area contributed by atoms with Gasteiger partial charge in [0, 0.05) is 30.6 Å². The number of carbonyl (C=O) groups excluding carboxylic acids is 1. The molecule has 1 aromatic rings. The van der Waals surface area contributed by atoms with Crippen LogP contribution in [0.1, 0.15) is 21.7 Å². The number of rotatable bonds is 4. The van der Waals surface area contributed by atoms with Crippen molar-refractivity contribution >= 4 is 6.29 Å². The van der Waals surface area contributed by atoms with E-state index in [4.69, 9.17) is 4.74 Å². The molecule has 0 amide bonds. The van der Waals surface area contributed by atoms with Crippen LogP contribution in [-0.4, -0.2) is 24.6 Å². The van der Waals surface area contributed by atoms with Gasteiger partial charge in [-0.2, -0.15) is 0 Å². The summed E-state index contributed by atoms with van der Waals surface area (Å²) in [6.45, 7) is 5.43. The Bertz CT molecular complexity index is 302. The second kappa shape index (κ2) is 4.23. The summed E-state index contributed by atoms with van der Waals surface area (Å²) in [5.74, 6) is 0. The van der Waals surface area contributed by atoms with Crippen LogP contribution in [0.5, 0.6) is 0 Å². The number of aryl methyl sites for hydroxylation is 1. The van der Waals surface area contributed by atoms with Gasteiger partial charge in [-0.25, -0.2) is 0 Å². The van der Waals surface area contributed by atoms with Crippen LogP contribution in [0, 0.1) is 13.8 Å². The summed E-state index contributed by atoms with van der Waals surface area (Å²) in [6.07, 6.45) is 0.894. The maximum Gasteiger partial charge on any atom is 0.151 e. The Kier molecular flexibility index (Phi) is 3.25. The minimum absolute atomic E-state index is 0.675. The van der Waals surface area contributed by atoms with E-state index in [1.54, 1.807) is 7.11 Å². The fourth-order valence-electron chi connectivity index (χ4n) is 1.47. The molecule has 0 atom stereocenters. The van der Waals surface area contributed by atoms with Crippen molar-refractivity contribution in [1.29, 1.82) is 0 Å². The first-order valence-electron chi connectivity index (χ1n) is 4.31. The highest BCUT2D eigenvalue weighted by atomic mass is 16.5. The molecule has 0 aliphatic rings. The van der Waals surface area contributed by atoms with Gasteiger partial charge in [-0.1, -0.05) is 0 Å². The molecule has 0 fully saturated rings. The number of ether oxygens (including phenoxy) is 1. The molecule has 1 aromatic heterocycles. The average Bonchev–Trinajstić information content (AvgIpc) is 2.39. The van der Waals surface area contributed by atoms with Crippen molar-refractivity contribution in [1.82, 2.24) is 4.57 Å². The zero-order valence-electron chi connectivity index (χ0n) is 8.33. The fourth-order valence-corrected chi connectivity index (χ4v) is 1.47. The highest BCUT2D eigenvalue weighted by Gasteiger charge is 2.06. The van der Waals surface area contributed by atoms with E-state index in [0.717, 1.165) is 29.8 Å². The lowest BCUT2D eigenvalue weighted by Crippen LogP contribution is -2.07. The number of hydrogen-bond acceptors (Lipinski definition) is 2. The third-order valence-electron chi connectivity index (χ3n) is 2.26. The molecule has 0 spiro atoms. The van der Waals surface area contributed by atoms with Crippen LogP contribution in [0.3, 0.4) is 0 Å². The highest BCUT2D eigenvalue weighted by molar-refractivity contribution is 5.77. The topological polar surface area (TPSA) is 31.2 Å². The van der Waals surface area contributed by atoms with Gasteiger partial charge < -0.3 is 9.30 Å². The zero-order chi connectivity index (χ0) is 9.84. The molecule has 0 radical (unpaired) electrons. The molecule has 1 rings (SSSR count). The molecule has 0 unspecified atom stereocenters. The molecule has 0 aliphatic heterocycles. The molecule has 13 heavy (non-hydrogen) atoms. The summed E-state index contributed by atoms with van der Waals surface area (Å²) in [7, 11) is 1.68. The van der Waals surface area contributed by atoms with Crippen molar-refractivity contribution in [2.75, 3.05) is 13.7 Å².